The number of anilines is 1. The number of H-pyrrole nitrogens is 1. The Hall–Kier alpha value is -3.73. The van der Waals surface area contributed by atoms with Crippen LogP contribution < -0.4 is 9.46 Å². The highest BCUT2D eigenvalue weighted by molar-refractivity contribution is 7.92. The van der Waals surface area contributed by atoms with E-state index in [-0.39, 0.29) is 4.90 Å². The van der Waals surface area contributed by atoms with Crippen LogP contribution in [0, 0.1) is 27.7 Å². The minimum atomic E-state index is -3.76. The molecule has 0 atom stereocenters. The van der Waals surface area contributed by atoms with Crippen molar-refractivity contribution in [1.82, 2.24) is 29.7 Å². The van der Waals surface area contributed by atoms with E-state index in [4.69, 9.17) is 4.74 Å². The number of ether oxygens (including phenoxy) is 1. The Bertz CT molecular complexity index is 1320. The summed E-state index contributed by atoms with van der Waals surface area (Å²) in [5, 5.41) is 6.62. The van der Waals surface area contributed by atoms with Crippen LogP contribution in [0.1, 0.15) is 23.0 Å². The van der Waals surface area contributed by atoms with E-state index in [1.807, 2.05) is 17.7 Å². The molecule has 3 aromatic heterocycles. The Morgan fingerprint density at radius 2 is 1.81 bits per heavy atom. The molecule has 0 bridgehead atoms. The predicted molar refractivity (Wildman–Crippen MR) is 114 cm³/mol. The summed E-state index contributed by atoms with van der Waals surface area (Å²) in [4.78, 5) is 13.1. The van der Waals surface area contributed by atoms with Gasteiger partial charge in [0.1, 0.15) is 28.1 Å². The van der Waals surface area contributed by atoms with Crippen molar-refractivity contribution in [2.45, 2.75) is 32.6 Å². The molecule has 1 aromatic carbocycles. The standard InChI is InChI=1S/C20H21N7O3S/c1-12-20(13(2)25-24-12)31(28,29)26-16-5-7-17(8-6-16)30-19-11-18(22-14(3)23-19)27-10-9-21-15(27)4/h5-11,26H,1-4H3,(H,24,25). The van der Waals surface area contributed by atoms with Crippen molar-refractivity contribution in [3.8, 4) is 17.4 Å². The fourth-order valence-corrected chi connectivity index (χ4v) is 4.61. The number of nitrogens with zero attached hydrogens (tertiary/aromatic N) is 5. The topological polar surface area (TPSA) is 128 Å². The molecule has 4 aromatic rings. The van der Waals surface area contributed by atoms with E-state index in [0.29, 0.717) is 40.3 Å². The zero-order valence-corrected chi connectivity index (χ0v) is 18.2. The van der Waals surface area contributed by atoms with E-state index < -0.39 is 10.0 Å². The molecule has 0 aliphatic carbocycles. The lowest BCUT2D eigenvalue weighted by atomic mass is 10.3. The first-order valence-electron chi connectivity index (χ1n) is 9.41. The van der Waals surface area contributed by atoms with Crippen molar-refractivity contribution in [2.24, 2.45) is 0 Å². The van der Waals surface area contributed by atoms with Gasteiger partial charge in [-0.15, -0.1) is 0 Å². The Morgan fingerprint density at radius 3 is 2.42 bits per heavy atom. The van der Waals surface area contributed by atoms with Crippen LogP contribution in [0.5, 0.6) is 11.6 Å². The fourth-order valence-electron chi connectivity index (χ4n) is 3.18. The number of sulfonamides is 1. The highest BCUT2D eigenvalue weighted by Gasteiger charge is 2.22. The molecule has 31 heavy (non-hydrogen) atoms. The maximum atomic E-state index is 12.7. The molecule has 0 spiro atoms. The van der Waals surface area contributed by atoms with Gasteiger partial charge < -0.3 is 4.74 Å². The summed E-state index contributed by atoms with van der Waals surface area (Å²) >= 11 is 0. The van der Waals surface area contributed by atoms with Crippen LogP contribution in [-0.4, -0.2) is 38.1 Å². The van der Waals surface area contributed by atoms with Crippen LogP contribution in [0.15, 0.2) is 47.6 Å². The molecule has 0 aliphatic rings. The number of rotatable bonds is 6. The molecule has 0 saturated heterocycles. The summed E-state index contributed by atoms with van der Waals surface area (Å²) in [7, 11) is -3.76. The summed E-state index contributed by atoms with van der Waals surface area (Å²) < 4.78 is 35.6. The first kappa shape index (κ1) is 20.5. The van der Waals surface area contributed by atoms with Gasteiger partial charge in [0.25, 0.3) is 10.0 Å². The maximum absolute atomic E-state index is 12.7. The lowest BCUT2D eigenvalue weighted by Crippen LogP contribution is -2.14. The minimum absolute atomic E-state index is 0.145. The first-order valence-corrected chi connectivity index (χ1v) is 10.9. The van der Waals surface area contributed by atoms with Crippen LogP contribution in [0.25, 0.3) is 5.82 Å². The van der Waals surface area contributed by atoms with E-state index >= 15 is 0 Å². The summed E-state index contributed by atoms with van der Waals surface area (Å²) in [5.74, 6) is 2.87. The van der Waals surface area contributed by atoms with Gasteiger partial charge in [-0.2, -0.15) is 10.1 Å². The van der Waals surface area contributed by atoms with Gasteiger partial charge in [0, 0.05) is 24.1 Å². The third-order valence-corrected chi connectivity index (χ3v) is 6.18. The van der Waals surface area contributed by atoms with Crippen molar-refractivity contribution in [3.63, 3.8) is 0 Å². The average molecular weight is 440 g/mol. The highest BCUT2D eigenvalue weighted by atomic mass is 32.2. The van der Waals surface area contributed by atoms with Gasteiger partial charge in [0.2, 0.25) is 5.88 Å². The number of imidazole rings is 1. The third kappa shape index (κ3) is 4.26. The minimum Gasteiger partial charge on any atom is -0.439 e. The SMILES string of the molecule is Cc1nc(Oc2ccc(NS(=O)(=O)c3c(C)n[nH]c3C)cc2)cc(-n2ccnc2C)n1. The van der Waals surface area contributed by atoms with Crippen molar-refractivity contribution in [2.75, 3.05) is 4.72 Å². The average Bonchev–Trinajstić information content (AvgIpc) is 3.28. The predicted octanol–water partition coefficient (Wildman–Crippen LogP) is 3.21. The van der Waals surface area contributed by atoms with Gasteiger partial charge in [-0.1, -0.05) is 0 Å². The molecule has 3 heterocycles. The Morgan fingerprint density at radius 1 is 1.06 bits per heavy atom. The van der Waals surface area contributed by atoms with Crippen LogP contribution in [0.4, 0.5) is 5.69 Å². The van der Waals surface area contributed by atoms with Gasteiger partial charge in [-0.3, -0.25) is 14.4 Å². The Kier molecular flexibility index (Phi) is 5.19. The van der Waals surface area contributed by atoms with E-state index in [0.717, 1.165) is 5.82 Å². The Labute approximate surface area is 179 Å². The van der Waals surface area contributed by atoms with Gasteiger partial charge in [-0.05, 0) is 52.0 Å². The zero-order chi connectivity index (χ0) is 22.2. The molecule has 11 heteroatoms. The van der Waals surface area contributed by atoms with Gasteiger partial charge >= 0.3 is 0 Å². The highest BCUT2D eigenvalue weighted by Crippen LogP contribution is 2.25. The molecule has 160 valence electrons. The molecule has 0 saturated carbocycles. The van der Waals surface area contributed by atoms with E-state index in [1.165, 1.54) is 0 Å². The zero-order valence-electron chi connectivity index (χ0n) is 17.4. The van der Waals surface area contributed by atoms with Crippen LogP contribution in [0.2, 0.25) is 0 Å². The molecule has 0 unspecified atom stereocenters. The second-order valence-corrected chi connectivity index (χ2v) is 8.57. The summed E-state index contributed by atoms with van der Waals surface area (Å²) in [5.41, 5.74) is 1.29. The Balaban J connectivity index is 1.53. The smallest absolute Gasteiger partial charge is 0.265 e. The van der Waals surface area contributed by atoms with Crippen molar-refractivity contribution in [1.29, 1.82) is 0 Å². The van der Waals surface area contributed by atoms with Crippen molar-refractivity contribution in [3.05, 3.63) is 65.8 Å². The van der Waals surface area contributed by atoms with Gasteiger partial charge in [0.05, 0.1) is 11.4 Å². The fraction of sp³-hybridized carbons (Fsp3) is 0.200. The molecular formula is C20H21N7O3S. The van der Waals surface area contributed by atoms with Crippen LogP contribution in [0.3, 0.4) is 0 Å². The lowest BCUT2D eigenvalue weighted by molar-refractivity contribution is 0.459. The summed E-state index contributed by atoms with van der Waals surface area (Å²) in [6.07, 6.45) is 3.50. The summed E-state index contributed by atoms with van der Waals surface area (Å²) in [6, 6.07) is 8.26. The van der Waals surface area contributed by atoms with Crippen molar-refractivity contribution >= 4 is 15.7 Å². The number of benzene rings is 1. The molecule has 0 aliphatic heterocycles. The second kappa shape index (κ2) is 7.84. The molecule has 0 radical (unpaired) electrons. The van der Waals surface area contributed by atoms with E-state index in [1.54, 1.807) is 57.3 Å². The van der Waals surface area contributed by atoms with E-state index in [9.17, 15) is 8.42 Å². The number of hydrogen-bond donors (Lipinski definition) is 2. The number of hydrogen-bond acceptors (Lipinski definition) is 7. The first-order chi connectivity index (χ1) is 14.7. The molecule has 10 nitrogen and oxygen atoms in total. The van der Waals surface area contributed by atoms with Crippen LogP contribution >= 0.6 is 0 Å². The number of aromatic amines is 1. The largest absolute Gasteiger partial charge is 0.439 e. The summed E-state index contributed by atoms with van der Waals surface area (Å²) in [6.45, 7) is 6.96. The third-order valence-electron chi connectivity index (χ3n) is 4.53. The van der Waals surface area contributed by atoms with Crippen molar-refractivity contribution < 1.29 is 13.2 Å². The normalized spacial score (nSPS) is 11.5. The molecule has 4 rings (SSSR count). The lowest BCUT2D eigenvalue weighted by Gasteiger charge is -2.11. The monoisotopic (exact) mass is 439 g/mol. The molecular weight excluding hydrogens is 418 g/mol. The van der Waals surface area contributed by atoms with Gasteiger partial charge in [0.15, 0.2) is 0 Å². The van der Waals surface area contributed by atoms with Crippen LogP contribution in [-0.2, 0) is 10.0 Å². The maximum Gasteiger partial charge on any atom is 0.265 e. The second-order valence-electron chi connectivity index (χ2n) is 6.95. The number of aryl methyl sites for hydroxylation is 4. The number of nitrogens with one attached hydrogen (secondary N) is 2. The molecule has 0 amide bonds. The van der Waals surface area contributed by atoms with E-state index in [2.05, 4.69) is 29.9 Å². The molecule has 2 N–H and O–H groups in total. The van der Waals surface area contributed by atoms with Gasteiger partial charge in [-0.25, -0.2) is 18.4 Å². The number of aromatic nitrogens is 6. The quantitative estimate of drug-likeness (QED) is 0.472. The molecule has 0 fully saturated rings.